The van der Waals surface area contributed by atoms with Gasteiger partial charge in [-0.1, -0.05) is 24.6 Å². The first-order chi connectivity index (χ1) is 9.86. The van der Waals surface area contributed by atoms with E-state index in [1.54, 1.807) is 0 Å². The van der Waals surface area contributed by atoms with Gasteiger partial charge in [-0.15, -0.1) is 0 Å². The zero-order chi connectivity index (χ0) is 13.8. The largest absolute Gasteiger partial charge is 0.365 e. The van der Waals surface area contributed by atoms with Gasteiger partial charge >= 0.3 is 0 Å². The molecule has 2 aromatic rings. The molecule has 3 rings (SSSR count). The van der Waals surface area contributed by atoms with Gasteiger partial charge in [-0.3, -0.25) is 0 Å². The second-order valence-corrected chi connectivity index (χ2v) is 5.23. The molecule has 1 aliphatic rings. The van der Waals surface area contributed by atoms with Gasteiger partial charge in [0.2, 0.25) is 0 Å². The van der Waals surface area contributed by atoms with Gasteiger partial charge in [0.1, 0.15) is 11.9 Å². The molecule has 1 fully saturated rings. The number of nitriles is 1. The van der Waals surface area contributed by atoms with E-state index < -0.39 is 0 Å². The van der Waals surface area contributed by atoms with Gasteiger partial charge in [0.15, 0.2) is 0 Å². The summed E-state index contributed by atoms with van der Waals surface area (Å²) in [5, 5.41) is 17.2. The molecule has 1 aromatic heterocycles. The normalized spacial score (nSPS) is 19.2. The highest BCUT2D eigenvalue weighted by Crippen LogP contribution is 2.21. The number of pyridine rings is 1. The van der Waals surface area contributed by atoms with Crippen LogP contribution >= 0.6 is 0 Å². The summed E-state index contributed by atoms with van der Waals surface area (Å²) in [5.41, 5.74) is 1.54. The van der Waals surface area contributed by atoms with Gasteiger partial charge in [0.25, 0.3) is 0 Å². The van der Waals surface area contributed by atoms with Crippen molar-refractivity contribution >= 4 is 16.7 Å². The Morgan fingerprint density at radius 1 is 1.30 bits per heavy atom. The number of para-hydroxylation sites is 1. The molecule has 1 aliphatic heterocycles. The molecule has 4 heteroatoms. The van der Waals surface area contributed by atoms with Gasteiger partial charge in [-0.25, -0.2) is 4.98 Å². The van der Waals surface area contributed by atoms with E-state index in [4.69, 9.17) is 0 Å². The molecule has 20 heavy (non-hydrogen) atoms. The Morgan fingerprint density at radius 3 is 3.10 bits per heavy atom. The van der Waals surface area contributed by atoms with E-state index in [-0.39, 0.29) is 0 Å². The van der Waals surface area contributed by atoms with Crippen molar-refractivity contribution in [2.24, 2.45) is 0 Å². The fraction of sp³-hybridized carbons (Fsp3) is 0.375. The topological polar surface area (TPSA) is 60.7 Å². The quantitative estimate of drug-likeness (QED) is 0.877. The molecule has 1 saturated heterocycles. The Kier molecular flexibility index (Phi) is 3.80. The van der Waals surface area contributed by atoms with Crippen LogP contribution in [-0.4, -0.2) is 24.1 Å². The van der Waals surface area contributed by atoms with E-state index in [9.17, 15) is 5.26 Å². The summed E-state index contributed by atoms with van der Waals surface area (Å²) in [6.07, 6.45) is 3.54. The summed E-state index contributed by atoms with van der Waals surface area (Å²) in [7, 11) is 0. The molecule has 2 N–H and O–H groups in total. The van der Waals surface area contributed by atoms with Crippen molar-refractivity contribution in [1.29, 1.82) is 5.26 Å². The molecule has 0 amide bonds. The van der Waals surface area contributed by atoms with Gasteiger partial charge in [-0.05, 0) is 31.5 Å². The minimum absolute atomic E-state index is 0.346. The number of hydrogen-bond donors (Lipinski definition) is 2. The summed E-state index contributed by atoms with van der Waals surface area (Å²) in [5.74, 6) is 0.708. The van der Waals surface area contributed by atoms with Crippen LogP contribution in [0.3, 0.4) is 0 Å². The van der Waals surface area contributed by atoms with Crippen LogP contribution in [0.2, 0.25) is 0 Å². The average Bonchev–Trinajstić information content (AvgIpc) is 2.75. The van der Waals surface area contributed by atoms with E-state index in [0.717, 1.165) is 30.4 Å². The number of aromatic nitrogens is 1. The van der Waals surface area contributed by atoms with E-state index in [0.29, 0.717) is 17.4 Å². The Balaban J connectivity index is 1.91. The van der Waals surface area contributed by atoms with Crippen molar-refractivity contribution in [3.63, 3.8) is 0 Å². The van der Waals surface area contributed by atoms with Crippen LogP contribution in [0.5, 0.6) is 0 Å². The second-order valence-electron chi connectivity index (χ2n) is 5.23. The first kappa shape index (κ1) is 12.9. The monoisotopic (exact) mass is 266 g/mol. The molecule has 0 saturated carbocycles. The number of anilines is 1. The van der Waals surface area contributed by atoms with Crippen molar-refractivity contribution in [2.45, 2.75) is 25.3 Å². The predicted molar refractivity (Wildman–Crippen MR) is 80.6 cm³/mol. The number of fused-ring (bicyclic) bond motifs is 1. The van der Waals surface area contributed by atoms with Gasteiger partial charge in [0, 0.05) is 18.0 Å². The SMILES string of the molecule is N#Cc1cc2ccccc2nc1NC1CCCCNC1. The van der Waals surface area contributed by atoms with E-state index in [1.165, 1.54) is 12.8 Å². The van der Waals surface area contributed by atoms with Crippen LogP contribution in [0, 0.1) is 11.3 Å². The number of hydrogen-bond acceptors (Lipinski definition) is 4. The second kappa shape index (κ2) is 5.89. The number of benzene rings is 1. The van der Waals surface area contributed by atoms with Crippen LogP contribution in [0.1, 0.15) is 24.8 Å². The molecule has 0 spiro atoms. The Hall–Kier alpha value is -2.12. The molecular formula is C16H18N4. The smallest absolute Gasteiger partial charge is 0.144 e. The van der Waals surface area contributed by atoms with Crippen molar-refractivity contribution in [3.05, 3.63) is 35.9 Å². The van der Waals surface area contributed by atoms with Crippen LogP contribution in [0.25, 0.3) is 10.9 Å². The Morgan fingerprint density at radius 2 is 2.20 bits per heavy atom. The van der Waals surface area contributed by atoms with Gasteiger partial charge < -0.3 is 10.6 Å². The zero-order valence-corrected chi connectivity index (χ0v) is 11.4. The van der Waals surface area contributed by atoms with Crippen molar-refractivity contribution in [3.8, 4) is 6.07 Å². The molecule has 1 unspecified atom stereocenters. The third-order valence-corrected chi connectivity index (χ3v) is 3.73. The lowest BCUT2D eigenvalue weighted by Gasteiger charge is -2.18. The van der Waals surface area contributed by atoms with E-state index >= 15 is 0 Å². The van der Waals surface area contributed by atoms with Gasteiger partial charge in [0.05, 0.1) is 11.1 Å². The zero-order valence-electron chi connectivity index (χ0n) is 11.4. The molecule has 102 valence electrons. The predicted octanol–water partition coefficient (Wildman–Crippen LogP) is 2.66. The lowest BCUT2D eigenvalue weighted by atomic mass is 10.1. The number of nitrogens with zero attached hydrogens (tertiary/aromatic N) is 2. The summed E-state index contributed by atoms with van der Waals surface area (Å²) in [4.78, 5) is 4.61. The summed E-state index contributed by atoms with van der Waals surface area (Å²) >= 11 is 0. The molecule has 2 heterocycles. The maximum Gasteiger partial charge on any atom is 0.144 e. The fourth-order valence-electron chi connectivity index (χ4n) is 2.65. The summed E-state index contributed by atoms with van der Waals surface area (Å²) in [6.45, 7) is 2.01. The van der Waals surface area contributed by atoms with E-state index in [1.807, 2.05) is 30.3 Å². The minimum Gasteiger partial charge on any atom is -0.365 e. The average molecular weight is 266 g/mol. The van der Waals surface area contributed by atoms with Crippen LogP contribution in [0.15, 0.2) is 30.3 Å². The standard InChI is InChI=1S/C16H18N4/c17-10-13-9-12-5-1-2-7-15(12)20-16(13)19-14-6-3-4-8-18-11-14/h1-2,5,7,9,14,18H,3-4,6,8,11H2,(H,19,20). The Labute approximate surface area is 118 Å². The van der Waals surface area contributed by atoms with E-state index in [2.05, 4.69) is 21.7 Å². The highest BCUT2D eigenvalue weighted by atomic mass is 15.1. The van der Waals surface area contributed by atoms with Crippen LogP contribution in [0.4, 0.5) is 5.82 Å². The molecule has 0 aliphatic carbocycles. The van der Waals surface area contributed by atoms with Gasteiger partial charge in [-0.2, -0.15) is 5.26 Å². The molecule has 0 radical (unpaired) electrons. The Bertz CT molecular complexity index is 636. The third-order valence-electron chi connectivity index (χ3n) is 3.73. The highest BCUT2D eigenvalue weighted by Gasteiger charge is 2.14. The maximum absolute atomic E-state index is 9.32. The van der Waals surface area contributed by atoms with Crippen LogP contribution in [-0.2, 0) is 0 Å². The summed E-state index contributed by atoms with van der Waals surface area (Å²) in [6, 6.07) is 12.4. The number of nitrogens with one attached hydrogen (secondary N) is 2. The van der Waals surface area contributed by atoms with Crippen molar-refractivity contribution in [2.75, 3.05) is 18.4 Å². The third kappa shape index (κ3) is 2.73. The fourth-order valence-corrected chi connectivity index (χ4v) is 2.65. The molecule has 1 atom stereocenters. The highest BCUT2D eigenvalue weighted by molar-refractivity contribution is 5.82. The van der Waals surface area contributed by atoms with Crippen molar-refractivity contribution < 1.29 is 0 Å². The minimum atomic E-state index is 0.346. The lowest BCUT2D eigenvalue weighted by Crippen LogP contribution is -2.31. The maximum atomic E-state index is 9.32. The first-order valence-corrected chi connectivity index (χ1v) is 7.14. The lowest BCUT2D eigenvalue weighted by molar-refractivity contribution is 0.634. The summed E-state index contributed by atoms with van der Waals surface area (Å²) < 4.78 is 0. The number of rotatable bonds is 2. The molecule has 0 bridgehead atoms. The van der Waals surface area contributed by atoms with Crippen molar-refractivity contribution in [1.82, 2.24) is 10.3 Å². The molecule has 1 aromatic carbocycles. The molecule has 4 nitrogen and oxygen atoms in total. The first-order valence-electron chi connectivity index (χ1n) is 7.14. The molecular weight excluding hydrogens is 248 g/mol. The van der Waals surface area contributed by atoms with Crippen LogP contribution < -0.4 is 10.6 Å².